The van der Waals surface area contributed by atoms with Gasteiger partial charge in [-0.3, -0.25) is 4.79 Å². The van der Waals surface area contributed by atoms with Crippen molar-refractivity contribution < 1.29 is 4.79 Å². The summed E-state index contributed by atoms with van der Waals surface area (Å²) in [6, 6.07) is 14.5. The Balaban J connectivity index is 1.35. The monoisotopic (exact) mass is 400 g/mol. The summed E-state index contributed by atoms with van der Waals surface area (Å²) in [5.41, 5.74) is 6.57. The van der Waals surface area contributed by atoms with Crippen molar-refractivity contribution in [3.05, 3.63) is 71.5 Å². The van der Waals surface area contributed by atoms with Crippen LogP contribution in [0.3, 0.4) is 0 Å². The zero-order valence-corrected chi connectivity index (χ0v) is 17.9. The van der Waals surface area contributed by atoms with Crippen molar-refractivity contribution in [2.45, 2.75) is 33.6 Å². The molecule has 0 saturated carbocycles. The number of hydrogen-bond acceptors (Lipinski definition) is 4. The average Bonchev–Trinajstić information content (AvgIpc) is 2.73. The van der Waals surface area contributed by atoms with Crippen LogP contribution in [-0.4, -0.2) is 29.0 Å². The van der Waals surface area contributed by atoms with Crippen molar-refractivity contribution in [1.29, 1.82) is 0 Å². The standard InChI is InChI=1S/C25H28N4O/c1-17-5-4-6-21(12-17)22-15-26-25(27-16-22)29-9-7-20(8-10-29)24(30)28-23-13-18(2)11-19(3)14-23/h4-6,11-16,20H,7-10H2,1-3H3,(H,28,30). The summed E-state index contributed by atoms with van der Waals surface area (Å²) in [6.45, 7) is 7.75. The van der Waals surface area contributed by atoms with Crippen LogP contribution in [0.15, 0.2) is 54.9 Å². The second kappa shape index (κ2) is 8.66. The number of benzene rings is 2. The highest BCUT2D eigenvalue weighted by atomic mass is 16.1. The van der Waals surface area contributed by atoms with Crippen molar-refractivity contribution in [2.24, 2.45) is 5.92 Å². The van der Waals surface area contributed by atoms with Crippen molar-refractivity contribution in [1.82, 2.24) is 9.97 Å². The second-order valence-electron chi connectivity index (χ2n) is 8.27. The number of carbonyl (C=O) groups is 1. The zero-order chi connectivity index (χ0) is 21.1. The van der Waals surface area contributed by atoms with Crippen molar-refractivity contribution >= 4 is 17.5 Å². The van der Waals surface area contributed by atoms with Crippen LogP contribution in [0.25, 0.3) is 11.1 Å². The molecule has 5 heteroatoms. The zero-order valence-electron chi connectivity index (χ0n) is 17.9. The lowest BCUT2D eigenvalue weighted by molar-refractivity contribution is -0.120. The van der Waals surface area contributed by atoms with E-state index in [0.29, 0.717) is 0 Å². The van der Waals surface area contributed by atoms with E-state index in [4.69, 9.17) is 0 Å². The number of hydrogen-bond donors (Lipinski definition) is 1. The van der Waals surface area contributed by atoms with E-state index < -0.39 is 0 Å². The van der Waals surface area contributed by atoms with Gasteiger partial charge >= 0.3 is 0 Å². The van der Waals surface area contributed by atoms with Crippen LogP contribution in [0.4, 0.5) is 11.6 Å². The number of nitrogens with one attached hydrogen (secondary N) is 1. The maximum Gasteiger partial charge on any atom is 0.227 e. The summed E-state index contributed by atoms with van der Waals surface area (Å²) in [4.78, 5) is 24.0. The summed E-state index contributed by atoms with van der Waals surface area (Å²) in [5, 5.41) is 3.09. The molecule has 30 heavy (non-hydrogen) atoms. The molecule has 1 saturated heterocycles. The third-order valence-corrected chi connectivity index (χ3v) is 5.63. The van der Waals surface area contributed by atoms with Crippen LogP contribution < -0.4 is 10.2 Å². The lowest BCUT2D eigenvalue weighted by Crippen LogP contribution is -2.39. The van der Waals surface area contributed by atoms with E-state index >= 15 is 0 Å². The molecule has 1 fully saturated rings. The number of aryl methyl sites for hydroxylation is 3. The molecular formula is C25H28N4O. The topological polar surface area (TPSA) is 58.1 Å². The van der Waals surface area contributed by atoms with Gasteiger partial charge in [0.1, 0.15) is 0 Å². The van der Waals surface area contributed by atoms with Gasteiger partial charge in [0.05, 0.1) is 0 Å². The molecule has 1 amide bonds. The van der Waals surface area contributed by atoms with Gasteiger partial charge in [0, 0.05) is 42.7 Å². The Morgan fingerprint density at radius 3 is 2.20 bits per heavy atom. The van der Waals surface area contributed by atoms with Gasteiger partial charge in [0.25, 0.3) is 0 Å². The van der Waals surface area contributed by atoms with Gasteiger partial charge in [0.15, 0.2) is 0 Å². The largest absolute Gasteiger partial charge is 0.341 e. The number of piperidine rings is 1. The molecule has 0 radical (unpaired) electrons. The lowest BCUT2D eigenvalue weighted by Gasteiger charge is -2.31. The molecule has 0 atom stereocenters. The van der Waals surface area contributed by atoms with Crippen LogP contribution in [0, 0.1) is 26.7 Å². The predicted molar refractivity (Wildman–Crippen MR) is 122 cm³/mol. The Morgan fingerprint density at radius 2 is 1.57 bits per heavy atom. The minimum absolute atomic E-state index is 0.0219. The van der Waals surface area contributed by atoms with Crippen LogP contribution >= 0.6 is 0 Å². The SMILES string of the molecule is Cc1cc(C)cc(NC(=O)C2CCN(c3ncc(-c4cccc(C)c4)cn3)CC2)c1. The first kappa shape index (κ1) is 20.1. The van der Waals surface area contributed by atoms with Crippen LogP contribution in [-0.2, 0) is 4.79 Å². The number of carbonyl (C=O) groups excluding carboxylic acids is 1. The highest BCUT2D eigenvalue weighted by molar-refractivity contribution is 5.92. The fourth-order valence-corrected chi connectivity index (χ4v) is 4.09. The number of amides is 1. The molecule has 154 valence electrons. The number of nitrogens with zero attached hydrogens (tertiary/aromatic N) is 3. The van der Waals surface area contributed by atoms with E-state index in [0.717, 1.165) is 59.8 Å². The molecule has 5 nitrogen and oxygen atoms in total. The van der Waals surface area contributed by atoms with Crippen LogP contribution in [0.1, 0.15) is 29.5 Å². The molecule has 2 heterocycles. The van der Waals surface area contributed by atoms with E-state index in [2.05, 4.69) is 51.4 Å². The molecule has 0 unspecified atom stereocenters. The maximum absolute atomic E-state index is 12.7. The molecule has 3 aromatic rings. The smallest absolute Gasteiger partial charge is 0.227 e. The van der Waals surface area contributed by atoms with Gasteiger partial charge in [-0.05, 0) is 62.4 Å². The van der Waals surface area contributed by atoms with Gasteiger partial charge in [-0.15, -0.1) is 0 Å². The van der Waals surface area contributed by atoms with Gasteiger partial charge < -0.3 is 10.2 Å². The normalized spacial score (nSPS) is 14.6. The first-order valence-corrected chi connectivity index (χ1v) is 10.5. The molecule has 1 N–H and O–H groups in total. The molecule has 2 aromatic carbocycles. The highest BCUT2D eigenvalue weighted by Crippen LogP contribution is 2.24. The van der Waals surface area contributed by atoms with Gasteiger partial charge in [-0.2, -0.15) is 0 Å². The van der Waals surface area contributed by atoms with E-state index in [-0.39, 0.29) is 11.8 Å². The maximum atomic E-state index is 12.7. The molecule has 1 aliphatic rings. The second-order valence-corrected chi connectivity index (χ2v) is 8.27. The predicted octanol–water partition coefficient (Wildman–Crippen LogP) is 4.92. The number of rotatable bonds is 4. The molecule has 1 aromatic heterocycles. The number of aromatic nitrogens is 2. The minimum atomic E-state index is 0.0219. The quantitative estimate of drug-likeness (QED) is 0.675. The van der Waals surface area contributed by atoms with Gasteiger partial charge in [-0.1, -0.05) is 35.9 Å². The summed E-state index contributed by atoms with van der Waals surface area (Å²) in [6.07, 6.45) is 5.38. The third kappa shape index (κ3) is 4.67. The Bertz CT molecular complexity index is 1020. The van der Waals surface area contributed by atoms with Crippen molar-refractivity contribution in [3.63, 3.8) is 0 Å². The molecule has 0 aliphatic carbocycles. The fraction of sp³-hybridized carbons (Fsp3) is 0.320. The average molecular weight is 401 g/mol. The van der Waals surface area contributed by atoms with Gasteiger partial charge in [0.2, 0.25) is 11.9 Å². The molecule has 4 rings (SSSR count). The highest BCUT2D eigenvalue weighted by Gasteiger charge is 2.26. The Hall–Kier alpha value is -3.21. The van der Waals surface area contributed by atoms with E-state index in [1.165, 1.54) is 5.56 Å². The van der Waals surface area contributed by atoms with Gasteiger partial charge in [-0.25, -0.2) is 9.97 Å². The first-order chi connectivity index (χ1) is 14.5. The molecule has 1 aliphatic heterocycles. The molecular weight excluding hydrogens is 372 g/mol. The summed E-state index contributed by atoms with van der Waals surface area (Å²) in [7, 11) is 0. The molecule has 0 bridgehead atoms. The van der Waals surface area contributed by atoms with Crippen molar-refractivity contribution in [2.75, 3.05) is 23.3 Å². The van der Waals surface area contributed by atoms with E-state index in [1.54, 1.807) is 0 Å². The van der Waals surface area contributed by atoms with E-state index in [1.807, 2.05) is 44.4 Å². The van der Waals surface area contributed by atoms with Crippen LogP contribution in [0.5, 0.6) is 0 Å². The summed E-state index contributed by atoms with van der Waals surface area (Å²) in [5.74, 6) is 0.864. The van der Waals surface area contributed by atoms with E-state index in [9.17, 15) is 4.79 Å². The Kier molecular flexibility index (Phi) is 5.79. The lowest BCUT2D eigenvalue weighted by atomic mass is 9.96. The Labute approximate surface area is 178 Å². The number of anilines is 2. The molecule has 0 spiro atoms. The van der Waals surface area contributed by atoms with Crippen molar-refractivity contribution in [3.8, 4) is 11.1 Å². The third-order valence-electron chi connectivity index (χ3n) is 5.63. The summed E-state index contributed by atoms with van der Waals surface area (Å²) >= 11 is 0. The first-order valence-electron chi connectivity index (χ1n) is 10.5. The minimum Gasteiger partial charge on any atom is -0.341 e. The summed E-state index contributed by atoms with van der Waals surface area (Å²) < 4.78 is 0. The fourth-order valence-electron chi connectivity index (χ4n) is 4.09. The Morgan fingerprint density at radius 1 is 0.900 bits per heavy atom. The van der Waals surface area contributed by atoms with Crippen LogP contribution in [0.2, 0.25) is 0 Å².